The van der Waals surface area contributed by atoms with E-state index in [2.05, 4.69) is 27.3 Å². The average molecular weight is 420 g/mol. The van der Waals surface area contributed by atoms with Crippen LogP contribution in [-0.2, 0) is 22.4 Å². The highest BCUT2D eigenvalue weighted by Crippen LogP contribution is 2.37. The first-order chi connectivity index (χ1) is 15.1. The fraction of sp³-hybridized carbons (Fsp3) is 0.440. The summed E-state index contributed by atoms with van der Waals surface area (Å²) in [5.41, 5.74) is 6.83. The van der Waals surface area contributed by atoms with E-state index in [9.17, 15) is 14.7 Å². The van der Waals surface area contributed by atoms with Crippen LogP contribution in [0.3, 0.4) is 0 Å². The molecule has 3 aliphatic rings. The summed E-state index contributed by atoms with van der Waals surface area (Å²) in [6.45, 7) is 3.44. The third kappa shape index (κ3) is 4.17. The van der Waals surface area contributed by atoms with Gasteiger partial charge in [-0.15, -0.1) is 0 Å². The number of carbonyl (C=O) groups is 2. The lowest BCUT2D eigenvalue weighted by molar-refractivity contribution is -0.137. The number of nitrogens with zero attached hydrogens (tertiary/aromatic N) is 1. The summed E-state index contributed by atoms with van der Waals surface area (Å²) in [6, 6.07) is 8.31. The van der Waals surface area contributed by atoms with Gasteiger partial charge in [0.2, 0.25) is 0 Å². The SMILES string of the molecule is O=C(O)CC1CCCc2[nH]c(C=C3C(=O)Nc4ccc(CCN5CCCC5)cc43)cc21. The molecule has 6 nitrogen and oxygen atoms in total. The molecule has 3 N–H and O–H groups in total. The quantitative estimate of drug-likeness (QED) is 0.617. The second-order valence-electron chi connectivity index (χ2n) is 9.04. The highest BCUT2D eigenvalue weighted by Gasteiger charge is 2.27. The number of aliphatic carboxylic acids is 1. The molecule has 1 atom stereocenters. The van der Waals surface area contributed by atoms with Gasteiger partial charge in [-0.25, -0.2) is 0 Å². The summed E-state index contributed by atoms with van der Waals surface area (Å²) in [5, 5.41) is 12.2. The molecule has 0 bridgehead atoms. The van der Waals surface area contributed by atoms with Gasteiger partial charge in [-0.2, -0.15) is 0 Å². The number of hydrogen-bond acceptors (Lipinski definition) is 3. The molecular weight excluding hydrogens is 390 g/mol. The van der Waals surface area contributed by atoms with Crippen LogP contribution < -0.4 is 5.32 Å². The normalized spacial score (nSPS) is 21.9. The second-order valence-corrected chi connectivity index (χ2v) is 9.04. The Morgan fingerprint density at radius 2 is 2.03 bits per heavy atom. The Morgan fingerprint density at radius 3 is 2.84 bits per heavy atom. The maximum atomic E-state index is 12.7. The van der Waals surface area contributed by atoms with Gasteiger partial charge in [0.05, 0.1) is 12.0 Å². The molecule has 1 saturated heterocycles. The Balaban J connectivity index is 1.40. The molecule has 1 fully saturated rings. The van der Waals surface area contributed by atoms with Crippen LogP contribution >= 0.6 is 0 Å². The number of carboxylic acids is 1. The molecule has 6 heteroatoms. The monoisotopic (exact) mass is 419 g/mol. The Kier molecular flexibility index (Phi) is 5.40. The Bertz CT molecular complexity index is 1050. The highest BCUT2D eigenvalue weighted by molar-refractivity contribution is 6.34. The molecule has 162 valence electrons. The number of fused-ring (bicyclic) bond motifs is 2. The Labute approximate surface area is 182 Å². The number of carboxylic acid groups (broad SMARTS) is 1. The number of nitrogens with one attached hydrogen (secondary N) is 2. The lowest BCUT2D eigenvalue weighted by Crippen LogP contribution is -2.21. The van der Waals surface area contributed by atoms with E-state index in [1.54, 1.807) is 0 Å². The number of likely N-dealkylation sites (tertiary alicyclic amines) is 1. The molecule has 0 radical (unpaired) electrons. The minimum atomic E-state index is -0.760. The van der Waals surface area contributed by atoms with Crippen molar-refractivity contribution in [3.63, 3.8) is 0 Å². The first-order valence-electron chi connectivity index (χ1n) is 11.4. The van der Waals surface area contributed by atoms with Crippen molar-refractivity contribution in [1.82, 2.24) is 9.88 Å². The van der Waals surface area contributed by atoms with Crippen molar-refractivity contribution in [2.45, 2.75) is 50.9 Å². The van der Waals surface area contributed by atoms with Crippen LogP contribution in [0.2, 0.25) is 0 Å². The number of hydrogen-bond donors (Lipinski definition) is 3. The molecule has 31 heavy (non-hydrogen) atoms. The van der Waals surface area contributed by atoms with Crippen molar-refractivity contribution < 1.29 is 14.7 Å². The van der Waals surface area contributed by atoms with Crippen molar-refractivity contribution in [3.8, 4) is 0 Å². The number of benzene rings is 1. The minimum Gasteiger partial charge on any atom is -0.481 e. The topological polar surface area (TPSA) is 85.4 Å². The standard InChI is InChI=1S/C25H29N3O3/c29-24(30)13-17-4-3-5-22-19(17)14-18(26-22)15-21-20-12-16(6-7-23(20)27-25(21)31)8-11-28-9-1-2-10-28/h6-7,12,14-15,17,26H,1-5,8-11,13H2,(H,27,31)(H,29,30). The maximum absolute atomic E-state index is 12.7. The molecule has 1 amide bonds. The van der Waals surface area contributed by atoms with Gasteiger partial charge < -0.3 is 20.3 Å². The van der Waals surface area contributed by atoms with Gasteiger partial charge in [0.25, 0.3) is 5.91 Å². The number of H-pyrrole nitrogens is 1. The zero-order valence-electron chi connectivity index (χ0n) is 17.7. The van der Waals surface area contributed by atoms with Crippen LogP contribution in [0, 0.1) is 0 Å². The number of aryl methyl sites for hydroxylation is 1. The van der Waals surface area contributed by atoms with Crippen LogP contribution in [0.4, 0.5) is 5.69 Å². The van der Waals surface area contributed by atoms with Gasteiger partial charge in [-0.05, 0) is 92.9 Å². The van der Waals surface area contributed by atoms with Crippen molar-refractivity contribution in [3.05, 3.63) is 52.3 Å². The summed E-state index contributed by atoms with van der Waals surface area (Å²) >= 11 is 0. The molecule has 3 heterocycles. The van der Waals surface area contributed by atoms with Gasteiger partial charge in [0, 0.05) is 29.2 Å². The zero-order valence-corrected chi connectivity index (χ0v) is 17.7. The van der Waals surface area contributed by atoms with Gasteiger partial charge in [0.15, 0.2) is 0 Å². The molecule has 1 unspecified atom stereocenters. The summed E-state index contributed by atoms with van der Waals surface area (Å²) in [4.78, 5) is 29.9. The highest BCUT2D eigenvalue weighted by atomic mass is 16.4. The van der Waals surface area contributed by atoms with E-state index >= 15 is 0 Å². The number of amides is 1. The summed E-state index contributed by atoms with van der Waals surface area (Å²) in [6.07, 6.45) is 8.47. The van der Waals surface area contributed by atoms with Crippen molar-refractivity contribution >= 4 is 29.2 Å². The van der Waals surface area contributed by atoms with Gasteiger partial charge >= 0.3 is 5.97 Å². The number of rotatable bonds is 6. The third-order valence-electron chi connectivity index (χ3n) is 6.88. The minimum absolute atomic E-state index is 0.0477. The lowest BCUT2D eigenvalue weighted by Gasteiger charge is -2.20. The number of aromatic nitrogens is 1. The molecule has 1 aromatic heterocycles. The average Bonchev–Trinajstić information content (AvgIpc) is 3.46. The largest absolute Gasteiger partial charge is 0.481 e. The molecule has 0 spiro atoms. The van der Waals surface area contributed by atoms with Crippen LogP contribution in [0.25, 0.3) is 11.6 Å². The van der Waals surface area contributed by atoms with E-state index in [1.165, 1.54) is 31.5 Å². The molecular formula is C25H29N3O3. The van der Waals surface area contributed by atoms with Crippen LogP contribution in [0.1, 0.15) is 66.1 Å². The Hall–Kier alpha value is -2.86. The fourth-order valence-electron chi connectivity index (χ4n) is 5.27. The first-order valence-corrected chi connectivity index (χ1v) is 11.4. The first kappa shape index (κ1) is 20.1. The van der Waals surface area contributed by atoms with Crippen LogP contribution in [0.15, 0.2) is 24.3 Å². The van der Waals surface area contributed by atoms with Gasteiger partial charge in [0.1, 0.15) is 0 Å². The van der Waals surface area contributed by atoms with E-state index in [0.29, 0.717) is 5.57 Å². The van der Waals surface area contributed by atoms with Gasteiger partial charge in [-0.1, -0.05) is 6.07 Å². The fourth-order valence-corrected chi connectivity index (χ4v) is 5.27. The number of carbonyl (C=O) groups excluding carboxylic acids is 1. The molecule has 1 aliphatic carbocycles. The van der Waals surface area contributed by atoms with Gasteiger partial charge in [-0.3, -0.25) is 9.59 Å². The summed E-state index contributed by atoms with van der Waals surface area (Å²) < 4.78 is 0. The van der Waals surface area contributed by atoms with Crippen LogP contribution in [0.5, 0.6) is 0 Å². The second kappa shape index (κ2) is 8.35. The summed E-state index contributed by atoms with van der Waals surface area (Å²) in [5.74, 6) is -0.794. The van der Waals surface area contributed by atoms with E-state index in [4.69, 9.17) is 0 Å². The smallest absolute Gasteiger partial charge is 0.303 e. The van der Waals surface area contributed by atoms with E-state index in [-0.39, 0.29) is 18.2 Å². The van der Waals surface area contributed by atoms with E-state index in [0.717, 1.165) is 60.4 Å². The molecule has 5 rings (SSSR count). The predicted molar refractivity (Wildman–Crippen MR) is 121 cm³/mol. The van der Waals surface area contributed by atoms with E-state index in [1.807, 2.05) is 18.2 Å². The van der Waals surface area contributed by atoms with E-state index < -0.39 is 5.97 Å². The predicted octanol–water partition coefficient (Wildman–Crippen LogP) is 4.04. The molecule has 2 aromatic rings. The van der Waals surface area contributed by atoms with Crippen molar-refractivity contribution in [1.29, 1.82) is 0 Å². The van der Waals surface area contributed by atoms with Crippen LogP contribution in [-0.4, -0.2) is 46.5 Å². The van der Waals surface area contributed by atoms with Crippen molar-refractivity contribution in [2.24, 2.45) is 0 Å². The molecule has 2 aliphatic heterocycles. The number of aromatic amines is 1. The Morgan fingerprint density at radius 1 is 1.19 bits per heavy atom. The zero-order chi connectivity index (χ0) is 21.4. The van der Waals surface area contributed by atoms with Crippen molar-refractivity contribution in [2.75, 3.05) is 25.0 Å². The maximum Gasteiger partial charge on any atom is 0.303 e. The third-order valence-corrected chi connectivity index (χ3v) is 6.88. The molecule has 0 saturated carbocycles. The lowest BCUT2D eigenvalue weighted by atomic mass is 9.85. The number of anilines is 1. The molecule has 1 aromatic carbocycles. The summed E-state index contributed by atoms with van der Waals surface area (Å²) in [7, 11) is 0.